The number of rotatable bonds is 17. The van der Waals surface area contributed by atoms with Gasteiger partial charge in [-0.25, -0.2) is 4.79 Å². The summed E-state index contributed by atoms with van der Waals surface area (Å²) in [6, 6.07) is 0. The number of carbonyl (C=O) groups is 1. The van der Waals surface area contributed by atoms with Crippen LogP contribution in [0.5, 0.6) is 0 Å². The number of likely N-dealkylation sites (N-methyl/N-ethyl adjacent to an activating group) is 1. The van der Waals surface area contributed by atoms with Gasteiger partial charge in [-0.3, -0.25) is 0 Å². The van der Waals surface area contributed by atoms with Crippen molar-refractivity contribution < 1.29 is 33.2 Å². The molecule has 27 heavy (non-hydrogen) atoms. The molecule has 0 aliphatic rings. The first kappa shape index (κ1) is 25.8. The zero-order valence-electron chi connectivity index (χ0n) is 17.4. The van der Waals surface area contributed by atoms with Gasteiger partial charge in [0, 0.05) is 13.6 Å². The molecule has 8 nitrogen and oxygen atoms in total. The maximum atomic E-state index is 11.7. The molecule has 0 radical (unpaired) electrons. The third-order valence-corrected chi connectivity index (χ3v) is 3.00. The van der Waals surface area contributed by atoms with Gasteiger partial charge < -0.3 is 33.3 Å². The van der Waals surface area contributed by atoms with E-state index in [4.69, 9.17) is 28.4 Å². The Kier molecular flexibility index (Phi) is 16.2. The molecule has 0 atom stereocenters. The highest BCUT2D eigenvalue weighted by Crippen LogP contribution is 2.08. The van der Waals surface area contributed by atoms with Gasteiger partial charge in [-0.15, -0.1) is 6.58 Å². The SMILES string of the molecule is C=CCOCCOCCOCCOCCOCCN(C)C(=O)OC(C)(C)C. The van der Waals surface area contributed by atoms with E-state index in [0.29, 0.717) is 72.6 Å². The standard InChI is InChI=1S/C19H37NO7/c1-6-8-22-10-12-24-14-16-26-17-15-25-13-11-23-9-7-20(5)18(21)27-19(2,3)4/h6H,1,7-17H2,2-5H3. The highest BCUT2D eigenvalue weighted by atomic mass is 16.6. The second kappa shape index (κ2) is 16.9. The Morgan fingerprint density at radius 3 is 1.63 bits per heavy atom. The first-order valence-electron chi connectivity index (χ1n) is 9.30. The molecule has 0 fully saturated rings. The molecule has 0 aromatic heterocycles. The molecule has 0 aliphatic carbocycles. The lowest BCUT2D eigenvalue weighted by molar-refractivity contribution is -0.0116. The van der Waals surface area contributed by atoms with Crippen LogP contribution < -0.4 is 0 Å². The predicted octanol–water partition coefficient (Wildman–Crippen LogP) is 2.12. The van der Waals surface area contributed by atoms with Crippen molar-refractivity contribution in [3.8, 4) is 0 Å². The summed E-state index contributed by atoms with van der Waals surface area (Å²) in [4.78, 5) is 13.2. The molecule has 0 unspecified atom stereocenters. The van der Waals surface area contributed by atoms with Crippen LogP contribution in [0.1, 0.15) is 20.8 Å². The Balaban J connectivity index is 3.27. The summed E-state index contributed by atoms with van der Waals surface area (Å²) < 4.78 is 32.0. The molecular formula is C19H37NO7. The minimum absolute atomic E-state index is 0.354. The van der Waals surface area contributed by atoms with Gasteiger partial charge in [0.15, 0.2) is 0 Å². The van der Waals surface area contributed by atoms with Crippen LogP contribution in [0.4, 0.5) is 4.79 Å². The van der Waals surface area contributed by atoms with Gasteiger partial charge in [-0.1, -0.05) is 6.08 Å². The van der Waals surface area contributed by atoms with E-state index in [0.717, 1.165) is 0 Å². The van der Waals surface area contributed by atoms with Crippen LogP contribution in [-0.2, 0) is 28.4 Å². The van der Waals surface area contributed by atoms with Crippen molar-refractivity contribution in [1.82, 2.24) is 4.90 Å². The lowest BCUT2D eigenvalue weighted by Crippen LogP contribution is -2.36. The Morgan fingerprint density at radius 2 is 1.22 bits per heavy atom. The summed E-state index contributed by atoms with van der Waals surface area (Å²) in [7, 11) is 1.68. The third-order valence-electron chi connectivity index (χ3n) is 3.00. The summed E-state index contributed by atoms with van der Waals surface area (Å²) in [6.07, 6.45) is 1.35. The Bertz CT molecular complexity index is 372. The monoisotopic (exact) mass is 391 g/mol. The van der Waals surface area contributed by atoms with Gasteiger partial charge in [0.1, 0.15) is 5.60 Å². The fraction of sp³-hybridized carbons (Fsp3) is 0.842. The van der Waals surface area contributed by atoms with E-state index in [9.17, 15) is 4.79 Å². The topological polar surface area (TPSA) is 75.7 Å². The predicted molar refractivity (Wildman–Crippen MR) is 103 cm³/mol. The third kappa shape index (κ3) is 19.4. The van der Waals surface area contributed by atoms with Gasteiger partial charge in [0.2, 0.25) is 0 Å². The quantitative estimate of drug-likeness (QED) is 0.278. The summed E-state index contributed by atoms with van der Waals surface area (Å²) >= 11 is 0. The summed E-state index contributed by atoms with van der Waals surface area (Å²) in [5.41, 5.74) is -0.492. The molecule has 0 aromatic carbocycles. The average molecular weight is 392 g/mol. The second-order valence-electron chi connectivity index (χ2n) is 6.71. The maximum Gasteiger partial charge on any atom is 0.410 e. The molecule has 0 spiro atoms. The minimum Gasteiger partial charge on any atom is -0.444 e. The Labute approximate surface area is 163 Å². The van der Waals surface area contributed by atoms with Crippen molar-refractivity contribution in [2.75, 3.05) is 79.7 Å². The van der Waals surface area contributed by atoms with Gasteiger partial charge in [-0.05, 0) is 20.8 Å². The van der Waals surface area contributed by atoms with Crippen molar-refractivity contribution in [3.05, 3.63) is 12.7 Å². The van der Waals surface area contributed by atoms with Crippen molar-refractivity contribution in [2.45, 2.75) is 26.4 Å². The highest BCUT2D eigenvalue weighted by molar-refractivity contribution is 5.67. The zero-order valence-corrected chi connectivity index (χ0v) is 17.4. The second-order valence-corrected chi connectivity index (χ2v) is 6.71. The van der Waals surface area contributed by atoms with Gasteiger partial charge in [0.05, 0.1) is 66.1 Å². The van der Waals surface area contributed by atoms with Crippen molar-refractivity contribution in [1.29, 1.82) is 0 Å². The lowest BCUT2D eigenvalue weighted by Gasteiger charge is -2.24. The molecule has 0 aliphatic heterocycles. The van der Waals surface area contributed by atoms with Crippen LogP contribution in [0.2, 0.25) is 0 Å². The maximum absolute atomic E-state index is 11.7. The van der Waals surface area contributed by atoms with Crippen molar-refractivity contribution >= 4 is 6.09 Å². The molecule has 0 saturated heterocycles. The molecule has 0 heterocycles. The molecule has 0 saturated carbocycles. The molecule has 0 rings (SSSR count). The van der Waals surface area contributed by atoms with Crippen LogP contribution in [0.3, 0.4) is 0 Å². The first-order chi connectivity index (χ1) is 12.9. The smallest absolute Gasteiger partial charge is 0.410 e. The van der Waals surface area contributed by atoms with Crippen LogP contribution in [0, 0.1) is 0 Å². The fourth-order valence-electron chi connectivity index (χ4n) is 1.68. The van der Waals surface area contributed by atoms with Crippen molar-refractivity contribution in [3.63, 3.8) is 0 Å². The molecule has 160 valence electrons. The van der Waals surface area contributed by atoms with E-state index in [1.54, 1.807) is 13.1 Å². The summed E-state index contributed by atoms with van der Waals surface area (Å²) in [6.45, 7) is 14.7. The zero-order chi connectivity index (χ0) is 20.4. The average Bonchev–Trinajstić information content (AvgIpc) is 2.59. The van der Waals surface area contributed by atoms with Crippen molar-refractivity contribution in [2.24, 2.45) is 0 Å². The van der Waals surface area contributed by atoms with Gasteiger partial charge >= 0.3 is 6.09 Å². The molecule has 0 aromatic rings. The molecule has 0 N–H and O–H groups in total. The number of hydrogen-bond donors (Lipinski definition) is 0. The van der Waals surface area contributed by atoms with E-state index >= 15 is 0 Å². The minimum atomic E-state index is -0.492. The largest absolute Gasteiger partial charge is 0.444 e. The molecular weight excluding hydrogens is 354 g/mol. The van der Waals surface area contributed by atoms with Gasteiger partial charge in [0.25, 0.3) is 0 Å². The number of ether oxygens (including phenoxy) is 6. The van der Waals surface area contributed by atoms with Gasteiger partial charge in [-0.2, -0.15) is 0 Å². The number of hydrogen-bond acceptors (Lipinski definition) is 7. The highest BCUT2D eigenvalue weighted by Gasteiger charge is 2.19. The summed E-state index contributed by atoms with van der Waals surface area (Å²) in [5.74, 6) is 0. The summed E-state index contributed by atoms with van der Waals surface area (Å²) in [5, 5.41) is 0. The Morgan fingerprint density at radius 1 is 0.815 bits per heavy atom. The number of carbonyl (C=O) groups excluding carboxylic acids is 1. The Hall–Kier alpha value is -1.19. The molecule has 1 amide bonds. The van der Waals surface area contributed by atoms with E-state index in [1.165, 1.54) is 4.90 Å². The molecule has 0 bridgehead atoms. The van der Waals surface area contributed by atoms with Crippen LogP contribution in [-0.4, -0.2) is 96.3 Å². The normalized spacial score (nSPS) is 11.4. The van der Waals surface area contributed by atoms with Crippen LogP contribution >= 0.6 is 0 Å². The first-order valence-corrected chi connectivity index (χ1v) is 9.30. The molecule has 8 heteroatoms. The van der Waals surface area contributed by atoms with E-state index in [-0.39, 0.29) is 6.09 Å². The van der Waals surface area contributed by atoms with Crippen LogP contribution in [0.25, 0.3) is 0 Å². The fourth-order valence-corrected chi connectivity index (χ4v) is 1.68. The number of nitrogens with zero attached hydrogens (tertiary/aromatic N) is 1. The number of amides is 1. The van der Waals surface area contributed by atoms with E-state index in [2.05, 4.69) is 6.58 Å². The van der Waals surface area contributed by atoms with E-state index < -0.39 is 5.60 Å². The lowest BCUT2D eigenvalue weighted by atomic mass is 10.2. The van der Waals surface area contributed by atoms with Crippen LogP contribution in [0.15, 0.2) is 12.7 Å². The van der Waals surface area contributed by atoms with E-state index in [1.807, 2.05) is 20.8 Å².